The number of methoxy groups -OCH3 is 1. The van der Waals surface area contributed by atoms with Gasteiger partial charge in [0.2, 0.25) is 5.91 Å². The molecule has 3 rings (SSSR count). The molecule has 0 unspecified atom stereocenters. The number of amides is 1. The van der Waals surface area contributed by atoms with Crippen molar-refractivity contribution in [2.75, 3.05) is 17.1 Å². The topological polar surface area (TPSA) is 84.5 Å². The van der Waals surface area contributed by atoms with Crippen LogP contribution in [0, 0.1) is 0 Å². The summed E-state index contributed by atoms with van der Waals surface area (Å²) < 4.78 is 33.1. The van der Waals surface area contributed by atoms with Crippen LogP contribution >= 0.6 is 22.9 Å². The van der Waals surface area contributed by atoms with Gasteiger partial charge in [0, 0.05) is 0 Å². The smallest absolute Gasteiger partial charge is 0.262 e. The molecule has 1 heterocycles. The molecule has 146 valence electrons. The molecule has 6 nitrogen and oxygen atoms in total. The molecule has 0 aliphatic heterocycles. The quantitative estimate of drug-likeness (QED) is 0.575. The number of anilines is 2. The summed E-state index contributed by atoms with van der Waals surface area (Å²) in [4.78, 5) is 12.3. The molecule has 2 N–H and O–H groups in total. The third-order valence-corrected chi connectivity index (χ3v) is 6.24. The Morgan fingerprint density at radius 3 is 2.61 bits per heavy atom. The van der Waals surface area contributed by atoms with Crippen molar-refractivity contribution in [1.29, 1.82) is 0 Å². The maximum Gasteiger partial charge on any atom is 0.262 e. The van der Waals surface area contributed by atoms with E-state index in [2.05, 4.69) is 10.0 Å². The van der Waals surface area contributed by atoms with E-state index in [1.807, 2.05) is 16.8 Å². The largest absolute Gasteiger partial charge is 0.495 e. The number of rotatable bonds is 7. The van der Waals surface area contributed by atoms with Crippen LogP contribution in [-0.4, -0.2) is 21.4 Å². The predicted molar refractivity (Wildman–Crippen MR) is 112 cm³/mol. The van der Waals surface area contributed by atoms with Crippen LogP contribution in [0.5, 0.6) is 5.75 Å². The number of thiophene rings is 1. The summed E-state index contributed by atoms with van der Waals surface area (Å²) in [7, 11) is -2.46. The summed E-state index contributed by atoms with van der Waals surface area (Å²) >= 11 is 7.53. The van der Waals surface area contributed by atoms with Crippen LogP contribution in [0.15, 0.2) is 64.2 Å². The molecule has 0 saturated carbocycles. The normalized spacial score (nSPS) is 11.1. The molecular formula is C19H17ClN2O4S2. The highest BCUT2D eigenvalue weighted by atomic mass is 35.5. The van der Waals surface area contributed by atoms with Gasteiger partial charge in [-0.25, -0.2) is 8.42 Å². The molecule has 9 heteroatoms. The number of carbonyl (C=O) groups is 1. The molecule has 0 bridgehead atoms. The zero-order valence-corrected chi connectivity index (χ0v) is 17.2. The second kappa shape index (κ2) is 8.64. The molecule has 28 heavy (non-hydrogen) atoms. The molecule has 0 atom stereocenters. The van der Waals surface area contributed by atoms with Gasteiger partial charge in [0.1, 0.15) is 5.75 Å². The van der Waals surface area contributed by atoms with Crippen molar-refractivity contribution < 1.29 is 17.9 Å². The number of sulfonamides is 1. The predicted octanol–water partition coefficient (Wildman–Crippen LogP) is 4.39. The first-order valence-corrected chi connectivity index (χ1v) is 11.0. The van der Waals surface area contributed by atoms with Crippen LogP contribution < -0.4 is 14.8 Å². The number of ether oxygens (including phenoxy) is 1. The minimum atomic E-state index is -3.91. The Kier molecular flexibility index (Phi) is 6.23. The van der Waals surface area contributed by atoms with Gasteiger partial charge in [0.25, 0.3) is 10.0 Å². The lowest BCUT2D eigenvalue weighted by Crippen LogP contribution is -2.17. The van der Waals surface area contributed by atoms with E-state index in [4.69, 9.17) is 16.3 Å². The molecule has 0 spiro atoms. The Morgan fingerprint density at radius 2 is 1.93 bits per heavy atom. The van der Waals surface area contributed by atoms with E-state index in [1.54, 1.807) is 24.3 Å². The van der Waals surface area contributed by atoms with Crippen molar-refractivity contribution in [1.82, 2.24) is 0 Å². The van der Waals surface area contributed by atoms with Crippen molar-refractivity contribution in [3.05, 3.63) is 69.9 Å². The molecule has 1 amide bonds. The van der Waals surface area contributed by atoms with E-state index in [9.17, 15) is 13.2 Å². The van der Waals surface area contributed by atoms with Crippen molar-refractivity contribution in [2.24, 2.45) is 0 Å². The number of hydrogen-bond acceptors (Lipinski definition) is 5. The van der Waals surface area contributed by atoms with Crippen molar-refractivity contribution in [2.45, 2.75) is 11.3 Å². The van der Waals surface area contributed by atoms with E-state index in [0.717, 1.165) is 5.56 Å². The Morgan fingerprint density at radius 1 is 1.14 bits per heavy atom. The fraction of sp³-hybridized carbons (Fsp3) is 0.105. The molecule has 0 aliphatic rings. The molecule has 2 aromatic carbocycles. The van der Waals surface area contributed by atoms with Gasteiger partial charge in [0.15, 0.2) is 0 Å². The second-order valence-electron chi connectivity index (χ2n) is 5.80. The third-order valence-electron chi connectivity index (χ3n) is 3.82. The highest BCUT2D eigenvalue weighted by Crippen LogP contribution is 2.30. The average Bonchev–Trinajstić information content (AvgIpc) is 3.16. The van der Waals surface area contributed by atoms with E-state index in [1.165, 1.54) is 36.6 Å². The zero-order valence-electron chi connectivity index (χ0n) is 14.8. The van der Waals surface area contributed by atoms with Gasteiger partial charge < -0.3 is 10.1 Å². The summed E-state index contributed by atoms with van der Waals surface area (Å²) in [5, 5.41) is 6.76. The Hall–Kier alpha value is -2.55. The first-order chi connectivity index (χ1) is 13.4. The van der Waals surface area contributed by atoms with E-state index in [-0.39, 0.29) is 33.6 Å². The summed E-state index contributed by atoms with van der Waals surface area (Å²) in [5.74, 6) is 0.0840. The first-order valence-electron chi connectivity index (χ1n) is 8.15. The van der Waals surface area contributed by atoms with Gasteiger partial charge in [-0.1, -0.05) is 23.7 Å². The maximum absolute atomic E-state index is 12.7. The minimum Gasteiger partial charge on any atom is -0.495 e. The lowest BCUT2D eigenvalue weighted by molar-refractivity contribution is -0.115. The van der Waals surface area contributed by atoms with Gasteiger partial charge in [0.05, 0.1) is 34.8 Å². The number of halogens is 1. The fourth-order valence-electron chi connectivity index (χ4n) is 2.47. The highest BCUT2D eigenvalue weighted by Gasteiger charge is 2.19. The Bertz CT molecular complexity index is 1080. The average molecular weight is 437 g/mol. The molecule has 0 saturated heterocycles. The van der Waals surface area contributed by atoms with Crippen molar-refractivity contribution in [3.63, 3.8) is 0 Å². The molecule has 0 aliphatic carbocycles. The van der Waals surface area contributed by atoms with Crippen LogP contribution in [0.1, 0.15) is 5.56 Å². The molecule has 0 radical (unpaired) electrons. The summed E-state index contributed by atoms with van der Waals surface area (Å²) in [6.07, 6.45) is 0.182. The number of nitrogens with one attached hydrogen (secondary N) is 2. The van der Waals surface area contributed by atoms with Crippen LogP contribution in [-0.2, 0) is 21.2 Å². The lowest BCUT2D eigenvalue weighted by atomic mass is 10.2. The van der Waals surface area contributed by atoms with Crippen LogP contribution in [0.2, 0.25) is 5.02 Å². The zero-order chi connectivity index (χ0) is 20.1. The van der Waals surface area contributed by atoms with Crippen LogP contribution in [0.4, 0.5) is 11.4 Å². The summed E-state index contributed by atoms with van der Waals surface area (Å²) in [5.41, 5.74) is 1.42. The van der Waals surface area contributed by atoms with E-state index >= 15 is 0 Å². The van der Waals surface area contributed by atoms with Crippen LogP contribution in [0.25, 0.3) is 0 Å². The SMILES string of the molecule is COc1ccc(S(=O)(=O)Nc2ccccc2Cl)cc1NC(=O)Cc1ccsc1. The highest BCUT2D eigenvalue weighted by molar-refractivity contribution is 7.92. The standard InChI is InChI=1S/C19H17ClN2O4S2/c1-26-18-7-6-14(28(24,25)22-16-5-3-2-4-15(16)20)11-17(18)21-19(23)10-13-8-9-27-12-13/h2-9,11-12,22H,10H2,1H3,(H,21,23). The Labute approximate surface area is 172 Å². The summed E-state index contributed by atoms with van der Waals surface area (Å²) in [6.45, 7) is 0. The minimum absolute atomic E-state index is 0.0287. The monoisotopic (exact) mass is 436 g/mol. The van der Waals surface area contributed by atoms with Gasteiger partial charge in [-0.2, -0.15) is 11.3 Å². The van der Waals surface area contributed by atoms with Crippen molar-refractivity contribution >= 4 is 50.2 Å². The number of para-hydroxylation sites is 1. The second-order valence-corrected chi connectivity index (χ2v) is 8.67. The number of benzene rings is 2. The van der Waals surface area contributed by atoms with Crippen LogP contribution in [0.3, 0.4) is 0 Å². The first kappa shape index (κ1) is 20.2. The molecule has 0 fully saturated rings. The third kappa shape index (κ3) is 4.83. The fourth-order valence-corrected chi connectivity index (χ4v) is 4.49. The molecule has 1 aromatic heterocycles. The number of hydrogen-bond donors (Lipinski definition) is 2. The summed E-state index contributed by atoms with van der Waals surface area (Å²) in [6, 6.07) is 12.6. The lowest BCUT2D eigenvalue weighted by Gasteiger charge is -2.14. The van der Waals surface area contributed by atoms with Crippen molar-refractivity contribution in [3.8, 4) is 5.75 Å². The van der Waals surface area contributed by atoms with Gasteiger partial charge in [-0.05, 0) is 52.7 Å². The molecular weight excluding hydrogens is 420 g/mol. The van der Waals surface area contributed by atoms with E-state index < -0.39 is 10.0 Å². The molecule has 3 aromatic rings. The number of carbonyl (C=O) groups excluding carboxylic acids is 1. The van der Waals surface area contributed by atoms with Gasteiger partial charge in [-0.15, -0.1) is 0 Å². The van der Waals surface area contributed by atoms with E-state index in [0.29, 0.717) is 5.75 Å². The van der Waals surface area contributed by atoms with Gasteiger partial charge >= 0.3 is 0 Å². The Balaban J connectivity index is 1.85. The maximum atomic E-state index is 12.7. The van der Waals surface area contributed by atoms with Gasteiger partial charge in [-0.3, -0.25) is 9.52 Å².